The molecule has 0 saturated carbocycles. The number of para-hydroxylation sites is 1. The van der Waals surface area contributed by atoms with E-state index in [0.29, 0.717) is 6.54 Å². The standard InChI is InChI=1S/C17H19ClINO/c1-17(2,3)20-11-12-10-13(18)8-9-15(12)21-16-7-5-4-6-14(16)19/h4-10,20H,11H2,1-3H3. The molecule has 0 aliphatic heterocycles. The molecule has 0 unspecified atom stereocenters. The monoisotopic (exact) mass is 415 g/mol. The maximum absolute atomic E-state index is 6.12. The second-order valence-corrected chi connectivity index (χ2v) is 7.49. The maximum atomic E-state index is 6.12. The van der Waals surface area contributed by atoms with Crippen molar-refractivity contribution in [3.8, 4) is 11.5 Å². The summed E-state index contributed by atoms with van der Waals surface area (Å²) in [5.74, 6) is 1.69. The molecule has 2 aromatic rings. The first kappa shape index (κ1) is 16.6. The Bertz CT molecular complexity index is 622. The molecule has 0 spiro atoms. The largest absolute Gasteiger partial charge is 0.456 e. The van der Waals surface area contributed by atoms with E-state index in [1.807, 2.05) is 42.5 Å². The van der Waals surface area contributed by atoms with Gasteiger partial charge < -0.3 is 10.1 Å². The third-order valence-corrected chi connectivity index (χ3v) is 4.01. The van der Waals surface area contributed by atoms with Gasteiger partial charge in [0.05, 0.1) is 3.57 Å². The molecule has 0 radical (unpaired) electrons. The van der Waals surface area contributed by atoms with Gasteiger partial charge in [-0.2, -0.15) is 0 Å². The number of halogens is 2. The molecular weight excluding hydrogens is 397 g/mol. The highest BCUT2D eigenvalue weighted by Gasteiger charge is 2.12. The third-order valence-electron chi connectivity index (χ3n) is 2.89. The van der Waals surface area contributed by atoms with Gasteiger partial charge in [0, 0.05) is 22.7 Å². The molecule has 2 rings (SSSR count). The fraction of sp³-hybridized carbons (Fsp3) is 0.294. The van der Waals surface area contributed by atoms with Crippen LogP contribution in [0.5, 0.6) is 11.5 Å². The van der Waals surface area contributed by atoms with Crippen LogP contribution in [-0.2, 0) is 6.54 Å². The van der Waals surface area contributed by atoms with E-state index in [9.17, 15) is 0 Å². The number of hydrogen-bond donors (Lipinski definition) is 1. The molecule has 1 N–H and O–H groups in total. The lowest BCUT2D eigenvalue weighted by Crippen LogP contribution is -2.35. The van der Waals surface area contributed by atoms with E-state index in [4.69, 9.17) is 16.3 Å². The molecular formula is C17H19ClINO. The Kier molecular flexibility index (Phi) is 5.52. The summed E-state index contributed by atoms with van der Waals surface area (Å²) in [5.41, 5.74) is 1.10. The van der Waals surface area contributed by atoms with Crippen molar-refractivity contribution in [3.05, 3.63) is 56.6 Å². The molecule has 0 fully saturated rings. The first-order valence-electron chi connectivity index (χ1n) is 6.81. The van der Waals surface area contributed by atoms with Crippen LogP contribution in [-0.4, -0.2) is 5.54 Å². The van der Waals surface area contributed by atoms with Crippen LogP contribution in [0.4, 0.5) is 0 Å². The predicted molar refractivity (Wildman–Crippen MR) is 97.3 cm³/mol. The van der Waals surface area contributed by atoms with Crippen LogP contribution in [0.15, 0.2) is 42.5 Å². The highest BCUT2D eigenvalue weighted by Crippen LogP contribution is 2.30. The lowest BCUT2D eigenvalue weighted by Gasteiger charge is -2.22. The predicted octanol–water partition coefficient (Wildman–Crippen LogP) is 5.63. The van der Waals surface area contributed by atoms with Crippen LogP contribution in [0.25, 0.3) is 0 Å². The molecule has 0 saturated heterocycles. The summed E-state index contributed by atoms with van der Waals surface area (Å²) in [6, 6.07) is 13.7. The van der Waals surface area contributed by atoms with Gasteiger partial charge in [0.15, 0.2) is 0 Å². The van der Waals surface area contributed by atoms with Crippen molar-refractivity contribution in [1.82, 2.24) is 5.32 Å². The van der Waals surface area contributed by atoms with E-state index in [0.717, 1.165) is 25.7 Å². The van der Waals surface area contributed by atoms with Crippen LogP contribution in [0.3, 0.4) is 0 Å². The SMILES string of the molecule is CC(C)(C)NCc1cc(Cl)ccc1Oc1ccccc1I. The fourth-order valence-electron chi connectivity index (χ4n) is 1.79. The minimum atomic E-state index is 0.0424. The lowest BCUT2D eigenvalue weighted by atomic mass is 10.1. The molecule has 21 heavy (non-hydrogen) atoms. The van der Waals surface area contributed by atoms with Crippen molar-refractivity contribution >= 4 is 34.2 Å². The molecule has 4 heteroatoms. The Morgan fingerprint density at radius 3 is 2.48 bits per heavy atom. The van der Waals surface area contributed by atoms with Crippen molar-refractivity contribution in [3.63, 3.8) is 0 Å². The zero-order valence-electron chi connectivity index (χ0n) is 12.4. The number of hydrogen-bond acceptors (Lipinski definition) is 2. The second-order valence-electron chi connectivity index (χ2n) is 5.89. The van der Waals surface area contributed by atoms with Crippen LogP contribution >= 0.6 is 34.2 Å². The Balaban J connectivity index is 2.25. The Labute approximate surface area is 145 Å². The summed E-state index contributed by atoms with van der Waals surface area (Å²) in [7, 11) is 0. The van der Waals surface area contributed by atoms with Gasteiger partial charge in [-0.25, -0.2) is 0 Å². The highest BCUT2D eigenvalue weighted by atomic mass is 127. The number of ether oxygens (including phenoxy) is 1. The number of benzene rings is 2. The molecule has 0 aromatic heterocycles. The summed E-state index contributed by atoms with van der Waals surface area (Å²) < 4.78 is 7.14. The quantitative estimate of drug-likeness (QED) is 0.654. The summed E-state index contributed by atoms with van der Waals surface area (Å²) in [6.07, 6.45) is 0. The summed E-state index contributed by atoms with van der Waals surface area (Å²) in [6.45, 7) is 7.12. The Morgan fingerprint density at radius 1 is 1.10 bits per heavy atom. The average molecular weight is 416 g/mol. The second kappa shape index (κ2) is 6.99. The normalized spacial score (nSPS) is 11.5. The smallest absolute Gasteiger partial charge is 0.140 e. The van der Waals surface area contributed by atoms with Crippen molar-refractivity contribution in [2.75, 3.05) is 0 Å². The molecule has 2 aromatic carbocycles. The molecule has 0 atom stereocenters. The third kappa shape index (κ3) is 5.16. The van der Waals surface area contributed by atoms with Gasteiger partial charge >= 0.3 is 0 Å². The van der Waals surface area contributed by atoms with Gasteiger partial charge in [-0.05, 0) is 73.7 Å². The lowest BCUT2D eigenvalue weighted by molar-refractivity contribution is 0.414. The van der Waals surface area contributed by atoms with Crippen LogP contribution in [0.1, 0.15) is 26.3 Å². The summed E-state index contributed by atoms with van der Waals surface area (Å²) in [4.78, 5) is 0. The average Bonchev–Trinajstić information content (AvgIpc) is 2.40. The van der Waals surface area contributed by atoms with E-state index < -0.39 is 0 Å². The van der Waals surface area contributed by atoms with Crippen molar-refractivity contribution < 1.29 is 4.74 Å². The topological polar surface area (TPSA) is 21.3 Å². The van der Waals surface area contributed by atoms with Gasteiger partial charge in [-0.1, -0.05) is 23.7 Å². The maximum Gasteiger partial charge on any atom is 0.140 e. The molecule has 0 heterocycles. The van der Waals surface area contributed by atoms with Gasteiger partial charge in [0.2, 0.25) is 0 Å². The Morgan fingerprint density at radius 2 is 1.81 bits per heavy atom. The first-order chi connectivity index (χ1) is 9.85. The number of nitrogens with one attached hydrogen (secondary N) is 1. The van der Waals surface area contributed by atoms with E-state index >= 15 is 0 Å². The van der Waals surface area contributed by atoms with E-state index in [-0.39, 0.29) is 5.54 Å². The highest BCUT2D eigenvalue weighted by molar-refractivity contribution is 14.1. The first-order valence-corrected chi connectivity index (χ1v) is 8.27. The molecule has 2 nitrogen and oxygen atoms in total. The van der Waals surface area contributed by atoms with Crippen LogP contribution in [0, 0.1) is 3.57 Å². The fourth-order valence-corrected chi connectivity index (χ4v) is 2.48. The minimum absolute atomic E-state index is 0.0424. The van der Waals surface area contributed by atoms with Crippen LogP contribution in [0.2, 0.25) is 5.02 Å². The molecule has 0 aliphatic carbocycles. The zero-order chi connectivity index (χ0) is 15.5. The van der Waals surface area contributed by atoms with E-state index in [1.165, 1.54) is 0 Å². The van der Waals surface area contributed by atoms with Gasteiger partial charge in [0.1, 0.15) is 11.5 Å². The zero-order valence-corrected chi connectivity index (χ0v) is 15.3. The summed E-state index contributed by atoms with van der Waals surface area (Å²) >= 11 is 8.39. The minimum Gasteiger partial charge on any atom is -0.456 e. The molecule has 0 bridgehead atoms. The van der Waals surface area contributed by atoms with Gasteiger partial charge in [-0.15, -0.1) is 0 Å². The van der Waals surface area contributed by atoms with E-state index in [2.05, 4.69) is 48.7 Å². The molecule has 0 amide bonds. The molecule has 0 aliphatic rings. The van der Waals surface area contributed by atoms with Crippen molar-refractivity contribution in [2.45, 2.75) is 32.9 Å². The van der Waals surface area contributed by atoms with Crippen LogP contribution < -0.4 is 10.1 Å². The van der Waals surface area contributed by atoms with Crippen molar-refractivity contribution in [1.29, 1.82) is 0 Å². The van der Waals surface area contributed by atoms with Gasteiger partial charge in [-0.3, -0.25) is 0 Å². The number of rotatable bonds is 4. The van der Waals surface area contributed by atoms with E-state index in [1.54, 1.807) is 0 Å². The molecule has 112 valence electrons. The van der Waals surface area contributed by atoms with Gasteiger partial charge in [0.25, 0.3) is 0 Å². The summed E-state index contributed by atoms with van der Waals surface area (Å²) in [5, 5.41) is 4.18. The Hall–Kier alpha value is -0.780. The van der Waals surface area contributed by atoms with Crippen molar-refractivity contribution in [2.24, 2.45) is 0 Å².